The number of rotatable bonds is 19. The molecule has 0 radical (unpaired) electrons. The van der Waals surface area contributed by atoms with Crippen molar-refractivity contribution in [3.8, 4) is 0 Å². The standard InChI is InChI=1S/C27H42N6O5S2/c1-39-13-10-19(29)24(34)31-21(9-5-6-12-28)25(35)33-23(26(36)32-22(27(37)38)11-14-40-2)15-17-16-30-20-8-4-3-7-18(17)20/h3-4,7-8,16,19,21-23,30H,5-6,9-15,28-29H2,1-2H3,(H,31,34)(H,32,36)(H,33,35)(H,37,38). The number of H-pyrrole nitrogens is 1. The van der Waals surface area contributed by atoms with Crippen molar-refractivity contribution in [1.29, 1.82) is 0 Å². The van der Waals surface area contributed by atoms with Gasteiger partial charge < -0.3 is 37.5 Å². The summed E-state index contributed by atoms with van der Waals surface area (Å²) in [5.41, 5.74) is 13.3. The zero-order valence-electron chi connectivity index (χ0n) is 23.1. The van der Waals surface area contributed by atoms with E-state index >= 15 is 0 Å². The molecule has 3 amide bonds. The fourth-order valence-corrected chi connectivity index (χ4v) is 5.14. The van der Waals surface area contributed by atoms with Crippen molar-refractivity contribution in [3.63, 3.8) is 0 Å². The van der Waals surface area contributed by atoms with E-state index in [-0.39, 0.29) is 12.8 Å². The van der Waals surface area contributed by atoms with Crippen molar-refractivity contribution >= 4 is 58.1 Å². The Hall–Kier alpha value is -2.74. The third-order valence-electron chi connectivity index (χ3n) is 6.51. The Labute approximate surface area is 243 Å². The number of hydrogen-bond acceptors (Lipinski definition) is 8. The Morgan fingerprint density at radius 2 is 1.50 bits per heavy atom. The molecule has 13 heteroatoms. The van der Waals surface area contributed by atoms with Gasteiger partial charge in [-0.05, 0) is 74.3 Å². The maximum absolute atomic E-state index is 13.5. The minimum atomic E-state index is -1.15. The Morgan fingerprint density at radius 3 is 2.17 bits per heavy atom. The number of benzene rings is 1. The zero-order chi connectivity index (χ0) is 29.5. The van der Waals surface area contributed by atoms with Gasteiger partial charge in [0.05, 0.1) is 6.04 Å². The Kier molecular flexibility index (Phi) is 14.9. The van der Waals surface area contributed by atoms with E-state index in [1.54, 1.807) is 18.0 Å². The Bertz CT molecular complexity index is 1110. The molecule has 0 fully saturated rings. The largest absolute Gasteiger partial charge is 0.480 e. The van der Waals surface area contributed by atoms with Crippen molar-refractivity contribution < 1.29 is 24.3 Å². The first kappa shape index (κ1) is 33.5. The monoisotopic (exact) mass is 594 g/mol. The van der Waals surface area contributed by atoms with E-state index in [9.17, 15) is 24.3 Å². The highest BCUT2D eigenvalue weighted by molar-refractivity contribution is 7.98. The second kappa shape index (κ2) is 17.8. The van der Waals surface area contributed by atoms with Gasteiger partial charge >= 0.3 is 5.97 Å². The number of carboxylic acid groups (broad SMARTS) is 1. The van der Waals surface area contributed by atoms with Gasteiger partial charge in [-0.15, -0.1) is 0 Å². The van der Waals surface area contributed by atoms with Gasteiger partial charge in [-0.1, -0.05) is 18.2 Å². The molecule has 1 aromatic carbocycles. The number of carbonyl (C=O) groups excluding carboxylic acids is 3. The molecule has 0 aliphatic carbocycles. The van der Waals surface area contributed by atoms with Crippen molar-refractivity contribution in [2.45, 2.75) is 62.7 Å². The molecule has 0 spiro atoms. The van der Waals surface area contributed by atoms with Gasteiger partial charge in [-0.25, -0.2) is 4.79 Å². The molecule has 222 valence electrons. The van der Waals surface area contributed by atoms with Crippen LogP contribution in [0.2, 0.25) is 0 Å². The lowest BCUT2D eigenvalue weighted by Crippen LogP contribution is -2.57. The Morgan fingerprint density at radius 1 is 0.875 bits per heavy atom. The number of nitrogens with one attached hydrogen (secondary N) is 4. The molecule has 11 nitrogen and oxygen atoms in total. The van der Waals surface area contributed by atoms with E-state index in [0.29, 0.717) is 43.7 Å². The number of carboxylic acids is 1. The first-order valence-electron chi connectivity index (χ1n) is 13.3. The smallest absolute Gasteiger partial charge is 0.326 e. The molecule has 0 aliphatic heterocycles. The molecular formula is C27H42N6O5S2. The van der Waals surface area contributed by atoms with Crippen LogP contribution < -0.4 is 27.4 Å². The molecule has 0 bridgehead atoms. The summed E-state index contributed by atoms with van der Waals surface area (Å²) in [5.74, 6) is -1.50. The highest BCUT2D eigenvalue weighted by atomic mass is 32.2. The summed E-state index contributed by atoms with van der Waals surface area (Å²) in [6, 6.07) is 3.69. The molecule has 40 heavy (non-hydrogen) atoms. The van der Waals surface area contributed by atoms with Crippen LogP contribution >= 0.6 is 23.5 Å². The fourth-order valence-electron chi connectivity index (χ4n) is 4.18. The quantitative estimate of drug-likeness (QED) is 0.117. The number of fused-ring (bicyclic) bond motifs is 1. The maximum atomic E-state index is 13.5. The molecule has 2 aromatic rings. The van der Waals surface area contributed by atoms with Gasteiger partial charge in [0.15, 0.2) is 0 Å². The van der Waals surface area contributed by atoms with Crippen LogP contribution in [0.1, 0.15) is 37.7 Å². The number of hydrogen-bond donors (Lipinski definition) is 7. The number of para-hydroxylation sites is 1. The molecule has 4 unspecified atom stereocenters. The van der Waals surface area contributed by atoms with E-state index in [1.165, 1.54) is 11.8 Å². The lowest BCUT2D eigenvalue weighted by molar-refractivity contribution is -0.142. The number of aromatic nitrogens is 1. The van der Waals surface area contributed by atoms with Crippen LogP contribution in [0.5, 0.6) is 0 Å². The molecule has 0 aliphatic rings. The van der Waals surface area contributed by atoms with Gasteiger partial charge in [-0.3, -0.25) is 14.4 Å². The van der Waals surface area contributed by atoms with Gasteiger partial charge in [0, 0.05) is 23.5 Å². The average Bonchev–Trinajstić information content (AvgIpc) is 3.35. The van der Waals surface area contributed by atoms with Crippen molar-refractivity contribution in [2.75, 3.05) is 30.6 Å². The minimum absolute atomic E-state index is 0.118. The summed E-state index contributed by atoms with van der Waals surface area (Å²) in [7, 11) is 0. The number of aromatic amines is 1. The van der Waals surface area contributed by atoms with E-state index in [0.717, 1.165) is 16.5 Å². The van der Waals surface area contributed by atoms with Crippen LogP contribution in [0, 0.1) is 0 Å². The molecule has 2 rings (SSSR count). The molecule has 1 heterocycles. The SMILES string of the molecule is CSCCC(N)C(=O)NC(CCCCN)C(=O)NC(Cc1c[nH]c2ccccc12)C(=O)NC(CCSC)C(=O)O. The van der Waals surface area contributed by atoms with Crippen LogP contribution in [0.4, 0.5) is 0 Å². The first-order valence-corrected chi connectivity index (χ1v) is 16.1. The normalized spacial score (nSPS) is 14.2. The fraction of sp³-hybridized carbons (Fsp3) is 0.556. The number of aliphatic carboxylic acids is 1. The topological polar surface area (TPSA) is 192 Å². The van der Waals surface area contributed by atoms with Crippen molar-refractivity contribution in [3.05, 3.63) is 36.0 Å². The van der Waals surface area contributed by atoms with Crippen LogP contribution in [-0.2, 0) is 25.6 Å². The third kappa shape index (κ3) is 10.7. The maximum Gasteiger partial charge on any atom is 0.326 e. The molecule has 0 saturated heterocycles. The van der Waals surface area contributed by atoms with Crippen molar-refractivity contribution in [1.82, 2.24) is 20.9 Å². The number of unbranched alkanes of at least 4 members (excludes halogenated alkanes) is 1. The van der Waals surface area contributed by atoms with Gasteiger partial charge in [0.1, 0.15) is 18.1 Å². The van der Waals surface area contributed by atoms with Crippen LogP contribution in [0.3, 0.4) is 0 Å². The Balaban J connectivity index is 2.28. The van der Waals surface area contributed by atoms with E-state index < -0.39 is 47.9 Å². The predicted octanol–water partition coefficient (Wildman–Crippen LogP) is 1.21. The van der Waals surface area contributed by atoms with E-state index in [4.69, 9.17) is 11.5 Å². The summed E-state index contributed by atoms with van der Waals surface area (Å²) in [4.78, 5) is 54.6. The predicted molar refractivity (Wildman–Crippen MR) is 162 cm³/mol. The average molecular weight is 595 g/mol. The minimum Gasteiger partial charge on any atom is -0.480 e. The van der Waals surface area contributed by atoms with Crippen LogP contribution in [-0.4, -0.2) is 88.5 Å². The number of thioether (sulfide) groups is 2. The van der Waals surface area contributed by atoms with Gasteiger partial charge in [-0.2, -0.15) is 23.5 Å². The van der Waals surface area contributed by atoms with Crippen molar-refractivity contribution in [2.24, 2.45) is 11.5 Å². The highest BCUT2D eigenvalue weighted by Gasteiger charge is 2.30. The van der Waals surface area contributed by atoms with Crippen LogP contribution in [0.25, 0.3) is 10.9 Å². The number of nitrogens with two attached hydrogens (primary N) is 2. The second-order valence-electron chi connectivity index (χ2n) is 9.54. The molecule has 0 saturated carbocycles. The molecule has 4 atom stereocenters. The summed E-state index contributed by atoms with van der Waals surface area (Å²) in [6.45, 7) is 0.438. The molecular weight excluding hydrogens is 552 g/mol. The van der Waals surface area contributed by atoms with Gasteiger partial charge in [0.25, 0.3) is 0 Å². The lowest BCUT2D eigenvalue weighted by Gasteiger charge is -2.25. The lowest BCUT2D eigenvalue weighted by atomic mass is 10.0. The highest BCUT2D eigenvalue weighted by Crippen LogP contribution is 2.19. The molecule has 9 N–H and O–H groups in total. The summed E-state index contributed by atoms with van der Waals surface area (Å²) >= 11 is 3.05. The summed E-state index contributed by atoms with van der Waals surface area (Å²) in [6.07, 6.45) is 7.92. The number of amides is 3. The second-order valence-corrected chi connectivity index (χ2v) is 11.5. The zero-order valence-corrected chi connectivity index (χ0v) is 24.7. The summed E-state index contributed by atoms with van der Waals surface area (Å²) < 4.78 is 0. The molecule has 1 aromatic heterocycles. The third-order valence-corrected chi connectivity index (χ3v) is 7.79. The van der Waals surface area contributed by atoms with E-state index in [1.807, 2.05) is 36.8 Å². The summed E-state index contributed by atoms with van der Waals surface area (Å²) in [5, 5.41) is 18.6. The first-order chi connectivity index (χ1) is 19.2. The number of carbonyl (C=O) groups is 4. The van der Waals surface area contributed by atoms with Gasteiger partial charge in [0.2, 0.25) is 17.7 Å². The van der Waals surface area contributed by atoms with E-state index in [2.05, 4.69) is 20.9 Å². The van der Waals surface area contributed by atoms with Crippen LogP contribution in [0.15, 0.2) is 30.5 Å².